The molecule has 0 aliphatic rings. The van der Waals surface area contributed by atoms with Gasteiger partial charge in [-0.25, -0.2) is 4.98 Å². The third kappa shape index (κ3) is 2.13. The molecule has 0 spiro atoms. The number of aromatic nitrogens is 4. The minimum absolute atomic E-state index is 0.0384. The molecule has 5 nitrogen and oxygen atoms in total. The fraction of sp³-hybridized carbons (Fsp3) is 0.250. The highest BCUT2D eigenvalue weighted by molar-refractivity contribution is 5.75. The van der Waals surface area contributed by atoms with E-state index in [0.717, 1.165) is 11.0 Å². The Morgan fingerprint density at radius 2 is 1.95 bits per heavy atom. The first-order chi connectivity index (χ1) is 9.45. The van der Waals surface area contributed by atoms with Crippen LogP contribution in [-0.4, -0.2) is 19.7 Å². The van der Waals surface area contributed by atoms with Crippen LogP contribution in [0.25, 0.3) is 11.0 Å². The fourth-order valence-corrected chi connectivity index (χ4v) is 1.97. The van der Waals surface area contributed by atoms with E-state index in [4.69, 9.17) is 0 Å². The number of para-hydroxylation sites is 2. The number of imidazole rings is 1. The molecule has 104 valence electrons. The molecule has 0 radical (unpaired) electrons. The van der Waals surface area contributed by atoms with Gasteiger partial charge in [0.1, 0.15) is 5.82 Å². The summed E-state index contributed by atoms with van der Waals surface area (Å²) in [6.07, 6.45) is -4.63. The number of rotatable bonds is 2. The largest absolute Gasteiger partial charge is 0.471 e. The van der Waals surface area contributed by atoms with Crippen LogP contribution in [0.3, 0.4) is 0 Å². The number of hydrogen-bond acceptors (Lipinski definition) is 4. The summed E-state index contributed by atoms with van der Waals surface area (Å²) in [6.45, 7) is 1.84. The third-order valence-corrected chi connectivity index (χ3v) is 2.86. The van der Waals surface area contributed by atoms with Crippen molar-refractivity contribution in [1.29, 1.82) is 0 Å². The predicted molar refractivity (Wildman–Crippen MR) is 62.9 cm³/mol. The number of halogens is 3. The SMILES string of the molecule is Cc1nc2ccccc2n1Cc1noc(C(F)(F)F)n1. The van der Waals surface area contributed by atoms with Crippen LogP contribution in [0, 0.1) is 6.92 Å². The maximum atomic E-state index is 12.4. The van der Waals surface area contributed by atoms with Gasteiger partial charge >= 0.3 is 12.1 Å². The summed E-state index contributed by atoms with van der Waals surface area (Å²) in [7, 11) is 0. The van der Waals surface area contributed by atoms with Crippen molar-refractivity contribution in [1.82, 2.24) is 19.7 Å². The van der Waals surface area contributed by atoms with E-state index in [0.29, 0.717) is 5.82 Å². The third-order valence-electron chi connectivity index (χ3n) is 2.86. The number of aryl methyl sites for hydroxylation is 1. The topological polar surface area (TPSA) is 56.7 Å². The average molecular weight is 282 g/mol. The normalized spacial score (nSPS) is 12.2. The van der Waals surface area contributed by atoms with Crippen molar-refractivity contribution in [2.24, 2.45) is 0 Å². The Morgan fingerprint density at radius 1 is 1.20 bits per heavy atom. The van der Waals surface area contributed by atoms with Gasteiger partial charge in [-0.05, 0) is 19.1 Å². The summed E-state index contributed by atoms with van der Waals surface area (Å²) in [5.74, 6) is -0.706. The zero-order valence-electron chi connectivity index (χ0n) is 10.3. The lowest BCUT2D eigenvalue weighted by atomic mass is 10.3. The van der Waals surface area contributed by atoms with E-state index in [9.17, 15) is 13.2 Å². The van der Waals surface area contributed by atoms with Gasteiger partial charge in [-0.3, -0.25) is 0 Å². The van der Waals surface area contributed by atoms with Crippen LogP contribution in [0.15, 0.2) is 28.8 Å². The monoisotopic (exact) mass is 282 g/mol. The molecule has 0 N–H and O–H groups in total. The molecule has 0 saturated heterocycles. The predicted octanol–water partition coefficient (Wildman–Crippen LogP) is 2.79. The van der Waals surface area contributed by atoms with Crippen molar-refractivity contribution in [3.8, 4) is 0 Å². The van der Waals surface area contributed by atoms with Gasteiger partial charge in [-0.1, -0.05) is 17.3 Å². The quantitative estimate of drug-likeness (QED) is 0.725. The molecule has 3 aromatic rings. The maximum Gasteiger partial charge on any atom is 0.471 e. The van der Waals surface area contributed by atoms with Crippen molar-refractivity contribution in [2.45, 2.75) is 19.6 Å². The summed E-state index contributed by atoms with van der Waals surface area (Å²) >= 11 is 0. The molecule has 0 bridgehead atoms. The molecular formula is C12H9F3N4O. The number of fused-ring (bicyclic) bond motifs is 1. The van der Waals surface area contributed by atoms with Crippen LogP contribution < -0.4 is 0 Å². The summed E-state index contributed by atoms with van der Waals surface area (Å²) in [4.78, 5) is 7.67. The second kappa shape index (κ2) is 4.32. The van der Waals surface area contributed by atoms with Crippen molar-refractivity contribution >= 4 is 11.0 Å². The molecule has 0 fully saturated rings. The molecule has 20 heavy (non-hydrogen) atoms. The average Bonchev–Trinajstić information content (AvgIpc) is 2.95. The van der Waals surface area contributed by atoms with Crippen LogP contribution in [0.5, 0.6) is 0 Å². The second-order valence-electron chi connectivity index (χ2n) is 4.25. The van der Waals surface area contributed by atoms with E-state index in [1.54, 1.807) is 11.5 Å². The van der Waals surface area contributed by atoms with Crippen molar-refractivity contribution < 1.29 is 17.7 Å². The fourth-order valence-electron chi connectivity index (χ4n) is 1.97. The first-order valence-corrected chi connectivity index (χ1v) is 5.77. The molecule has 0 amide bonds. The van der Waals surface area contributed by atoms with E-state index < -0.39 is 12.1 Å². The minimum atomic E-state index is -4.63. The van der Waals surface area contributed by atoms with Gasteiger partial charge < -0.3 is 9.09 Å². The van der Waals surface area contributed by atoms with Crippen molar-refractivity contribution in [2.75, 3.05) is 0 Å². The first-order valence-electron chi connectivity index (χ1n) is 5.77. The summed E-state index contributed by atoms with van der Waals surface area (Å²) in [5, 5.41) is 3.35. The molecule has 0 aliphatic carbocycles. The number of hydrogen-bond donors (Lipinski definition) is 0. The standard InChI is InChI=1S/C12H9F3N4O/c1-7-16-8-4-2-3-5-9(8)19(7)6-10-17-11(20-18-10)12(13,14)15/h2-5H,6H2,1H3. The minimum Gasteiger partial charge on any atom is -0.329 e. The smallest absolute Gasteiger partial charge is 0.329 e. The Balaban J connectivity index is 1.97. The van der Waals surface area contributed by atoms with Crippen LogP contribution >= 0.6 is 0 Å². The molecule has 3 rings (SSSR count). The molecule has 8 heteroatoms. The second-order valence-corrected chi connectivity index (χ2v) is 4.25. The van der Waals surface area contributed by atoms with Crippen LogP contribution in [0.1, 0.15) is 17.5 Å². The van der Waals surface area contributed by atoms with E-state index in [-0.39, 0.29) is 12.4 Å². The molecule has 2 heterocycles. The zero-order valence-corrected chi connectivity index (χ0v) is 10.3. The molecular weight excluding hydrogens is 273 g/mol. The zero-order chi connectivity index (χ0) is 14.3. The van der Waals surface area contributed by atoms with Crippen LogP contribution in [0.2, 0.25) is 0 Å². The highest BCUT2D eigenvalue weighted by atomic mass is 19.4. The van der Waals surface area contributed by atoms with Gasteiger partial charge in [0.15, 0.2) is 5.82 Å². The Bertz CT molecular complexity index is 759. The van der Waals surface area contributed by atoms with Crippen molar-refractivity contribution in [3.05, 3.63) is 41.8 Å². The molecule has 0 aliphatic heterocycles. The van der Waals surface area contributed by atoms with Crippen LogP contribution in [0.4, 0.5) is 13.2 Å². The number of benzene rings is 1. The van der Waals surface area contributed by atoms with Gasteiger partial charge in [0.2, 0.25) is 0 Å². The van der Waals surface area contributed by atoms with Gasteiger partial charge in [-0.15, -0.1) is 0 Å². The Hall–Kier alpha value is -2.38. The van der Waals surface area contributed by atoms with E-state index in [1.807, 2.05) is 24.3 Å². The lowest BCUT2D eigenvalue weighted by Crippen LogP contribution is -2.07. The maximum absolute atomic E-state index is 12.4. The lowest BCUT2D eigenvalue weighted by molar-refractivity contribution is -0.159. The van der Waals surface area contributed by atoms with Gasteiger partial charge in [0.25, 0.3) is 0 Å². The molecule has 0 unspecified atom stereocenters. The number of nitrogens with zero attached hydrogens (tertiary/aromatic N) is 4. The lowest BCUT2D eigenvalue weighted by Gasteiger charge is -2.02. The molecule has 1 aromatic carbocycles. The summed E-state index contributed by atoms with van der Waals surface area (Å²) < 4.78 is 43.1. The summed E-state index contributed by atoms with van der Waals surface area (Å²) in [5.41, 5.74) is 1.58. The highest BCUT2D eigenvalue weighted by Crippen LogP contribution is 2.27. The molecule has 0 saturated carbocycles. The first kappa shape index (κ1) is 12.6. The van der Waals surface area contributed by atoms with Gasteiger partial charge in [0.05, 0.1) is 17.6 Å². The highest BCUT2D eigenvalue weighted by Gasteiger charge is 2.38. The Labute approximate surface area is 111 Å². The number of alkyl halides is 3. The molecule has 2 aromatic heterocycles. The summed E-state index contributed by atoms with van der Waals surface area (Å²) in [6, 6.07) is 7.34. The van der Waals surface area contributed by atoms with Gasteiger partial charge in [-0.2, -0.15) is 18.2 Å². The van der Waals surface area contributed by atoms with E-state index in [2.05, 4.69) is 19.6 Å². The van der Waals surface area contributed by atoms with Crippen LogP contribution in [-0.2, 0) is 12.7 Å². The van der Waals surface area contributed by atoms with E-state index >= 15 is 0 Å². The Morgan fingerprint density at radius 3 is 2.65 bits per heavy atom. The Kier molecular flexibility index (Phi) is 2.73. The molecule has 0 atom stereocenters. The van der Waals surface area contributed by atoms with Crippen molar-refractivity contribution in [3.63, 3.8) is 0 Å². The van der Waals surface area contributed by atoms with E-state index in [1.165, 1.54) is 0 Å². The van der Waals surface area contributed by atoms with Gasteiger partial charge in [0, 0.05) is 0 Å².